The van der Waals surface area contributed by atoms with E-state index in [0.717, 1.165) is 50.5 Å². The molecule has 2 fully saturated rings. The van der Waals surface area contributed by atoms with Gasteiger partial charge in [-0.1, -0.05) is 6.92 Å². The number of nitrogens with zero attached hydrogens (tertiary/aromatic N) is 2. The van der Waals surface area contributed by atoms with Gasteiger partial charge in [-0.25, -0.2) is 0 Å². The lowest BCUT2D eigenvalue weighted by Gasteiger charge is -2.35. The van der Waals surface area contributed by atoms with E-state index in [4.69, 9.17) is 0 Å². The van der Waals surface area contributed by atoms with Gasteiger partial charge < -0.3 is 14.8 Å². The summed E-state index contributed by atoms with van der Waals surface area (Å²) in [5.74, 6) is 0.977. The van der Waals surface area contributed by atoms with Gasteiger partial charge in [0.2, 0.25) is 0 Å². The van der Waals surface area contributed by atoms with Gasteiger partial charge >= 0.3 is 0 Å². The molecule has 2 aliphatic heterocycles. The van der Waals surface area contributed by atoms with Crippen molar-refractivity contribution in [3.63, 3.8) is 0 Å². The van der Waals surface area contributed by atoms with Crippen LogP contribution >= 0.6 is 0 Å². The summed E-state index contributed by atoms with van der Waals surface area (Å²) in [5.41, 5.74) is 0.856. The van der Waals surface area contributed by atoms with Crippen LogP contribution in [0.2, 0.25) is 0 Å². The summed E-state index contributed by atoms with van der Waals surface area (Å²) in [6, 6.07) is 4.65. The SMILES string of the molecule is CCCn1cccc1C(=O)N1CCC(C2CCCN2)CC1. The van der Waals surface area contributed by atoms with Gasteiger partial charge in [0, 0.05) is 31.9 Å². The number of rotatable bonds is 4. The third-order valence-corrected chi connectivity index (χ3v) is 5.01. The van der Waals surface area contributed by atoms with Gasteiger partial charge in [0.25, 0.3) is 5.91 Å². The second kappa shape index (κ2) is 6.65. The van der Waals surface area contributed by atoms with Gasteiger partial charge in [-0.2, -0.15) is 0 Å². The molecule has 21 heavy (non-hydrogen) atoms. The molecule has 3 heterocycles. The van der Waals surface area contributed by atoms with Crippen LogP contribution in [-0.2, 0) is 6.54 Å². The lowest BCUT2D eigenvalue weighted by molar-refractivity contribution is 0.0663. The molecule has 116 valence electrons. The van der Waals surface area contributed by atoms with Crippen molar-refractivity contribution in [1.29, 1.82) is 0 Å². The highest BCUT2D eigenvalue weighted by molar-refractivity contribution is 5.92. The highest BCUT2D eigenvalue weighted by atomic mass is 16.2. The van der Waals surface area contributed by atoms with E-state index < -0.39 is 0 Å². The van der Waals surface area contributed by atoms with Crippen molar-refractivity contribution < 1.29 is 4.79 Å². The molecule has 1 aromatic heterocycles. The molecule has 0 saturated carbocycles. The molecule has 4 heteroatoms. The minimum atomic E-state index is 0.214. The van der Waals surface area contributed by atoms with E-state index in [1.807, 2.05) is 23.2 Å². The Kier molecular flexibility index (Phi) is 4.63. The molecule has 1 atom stereocenters. The summed E-state index contributed by atoms with van der Waals surface area (Å²) in [6.07, 6.45) is 8.01. The summed E-state index contributed by atoms with van der Waals surface area (Å²) < 4.78 is 2.09. The van der Waals surface area contributed by atoms with Crippen molar-refractivity contribution >= 4 is 5.91 Å². The minimum Gasteiger partial charge on any atom is -0.344 e. The summed E-state index contributed by atoms with van der Waals surface area (Å²) in [4.78, 5) is 14.7. The molecule has 1 amide bonds. The van der Waals surface area contributed by atoms with Crippen LogP contribution in [0, 0.1) is 5.92 Å². The Morgan fingerprint density at radius 3 is 2.81 bits per heavy atom. The Labute approximate surface area is 127 Å². The first kappa shape index (κ1) is 14.6. The Morgan fingerprint density at radius 1 is 1.33 bits per heavy atom. The Bertz CT molecular complexity index is 468. The lowest BCUT2D eigenvalue weighted by Crippen LogP contribution is -2.43. The molecule has 4 nitrogen and oxygen atoms in total. The number of amides is 1. The number of hydrogen-bond donors (Lipinski definition) is 1. The maximum absolute atomic E-state index is 12.7. The number of aryl methyl sites for hydroxylation is 1. The molecule has 0 spiro atoms. The minimum absolute atomic E-state index is 0.214. The molecular weight excluding hydrogens is 262 g/mol. The molecule has 1 N–H and O–H groups in total. The quantitative estimate of drug-likeness (QED) is 0.924. The average Bonchev–Trinajstić information content (AvgIpc) is 3.19. The summed E-state index contributed by atoms with van der Waals surface area (Å²) in [5, 5.41) is 3.62. The third kappa shape index (κ3) is 3.15. The first-order chi connectivity index (χ1) is 10.3. The van der Waals surface area contributed by atoms with Crippen LogP contribution in [0.1, 0.15) is 49.5 Å². The van der Waals surface area contributed by atoms with Crippen molar-refractivity contribution in [2.45, 2.75) is 51.6 Å². The third-order valence-electron chi connectivity index (χ3n) is 5.01. The fraction of sp³-hybridized carbons (Fsp3) is 0.706. The van der Waals surface area contributed by atoms with Crippen LogP contribution < -0.4 is 5.32 Å². The monoisotopic (exact) mass is 289 g/mol. The predicted molar refractivity (Wildman–Crippen MR) is 84.4 cm³/mol. The van der Waals surface area contributed by atoms with Crippen molar-refractivity contribution in [2.75, 3.05) is 19.6 Å². The van der Waals surface area contributed by atoms with E-state index in [1.165, 1.54) is 19.4 Å². The second-order valence-corrected chi connectivity index (χ2v) is 6.42. The molecule has 2 aliphatic rings. The van der Waals surface area contributed by atoms with E-state index in [1.54, 1.807) is 0 Å². The number of likely N-dealkylation sites (tertiary alicyclic amines) is 1. The number of piperidine rings is 1. The van der Waals surface area contributed by atoms with Crippen LogP contribution in [-0.4, -0.2) is 41.1 Å². The van der Waals surface area contributed by atoms with Gasteiger partial charge in [-0.05, 0) is 56.7 Å². The molecule has 0 aliphatic carbocycles. The van der Waals surface area contributed by atoms with Crippen LogP contribution in [0.4, 0.5) is 0 Å². The van der Waals surface area contributed by atoms with Gasteiger partial charge in [0.15, 0.2) is 0 Å². The van der Waals surface area contributed by atoms with Crippen molar-refractivity contribution in [3.05, 3.63) is 24.0 Å². The highest BCUT2D eigenvalue weighted by Crippen LogP contribution is 2.26. The average molecular weight is 289 g/mol. The first-order valence-corrected chi connectivity index (χ1v) is 8.47. The maximum atomic E-state index is 12.7. The topological polar surface area (TPSA) is 37.3 Å². The first-order valence-electron chi connectivity index (χ1n) is 8.47. The number of nitrogens with one attached hydrogen (secondary N) is 1. The van der Waals surface area contributed by atoms with E-state index in [0.29, 0.717) is 6.04 Å². The van der Waals surface area contributed by atoms with Gasteiger partial charge in [0.1, 0.15) is 5.69 Å². The summed E-state index contributed by atoms with van der Waals surface area (Å²) in [7, 11) is 0. The fourth-order valence-electron chi connectivity index (χ4n) is 3.82. The molecular formula is C17H27N3O. The Balaban J connectivity index is 1.58. The molecule has 1 unspecified atom stereocenters. The molecule has 1 aromatic rings. The standard InChI is InChI=1S/C17H27N3O/c1-2-10-19-11-4-6-16(19)17(21)20-12-7-14(8-13-20)15-5-3-9-18-15/h4,6,11,14-15,18H,2-3,5,7-10,12-13H2,1H3. The predicted octanol–water partition coefficient (Wildman–Crippen LogP) is 2.50. The van der Waals surface area contributed by atoms with Crippen molar-refractivity contribution in [1.82, 2.24) is 14.8 Å². The number of carbonyl (C=O) groups excluding carboxylic acids is 1. The Morgan fingerprint density at radius 2 is 2.14 bits per heavy atom. The fourth-order valence-corrected chi connectivity index (χ4v) is 3.82. The maximum Gasteiger partial charge on any atom is 0.270 e. The zero-order valence-electron chi connectivity index (χ0n) is 13.1. The zero-order chi connectivity index (χ0) is 14.7. The summed E-state index contributed by atoms with van der Waals surface area (Å²) in [6.45, 7) is 6.08. The highest BCUT2D eigenvalue weighted by Gasteiger charge is 2.30. The van der Waals surface area contributed by atoms with Crippen molar-refractivity contribution in [3.8, 4) is 0 Å². The second-order valence-electron chi connectivity index (χ2n) is 6.42. The molecule has 2 saturated heterocycles. The van der Waals surface area contributed by atoms with E-state index in [-0.39, 0.29) is 5.91 Å². The van der Waals surface area contributed by atoms with Crippen LogP contribution in [0.15, 0.2) is 18.3 Å². The van der Waals surface area contributed by atoms with Gasteiger partial charge in [0.05, 0.1) is 0 Å². The summed E-state index contributed by atoms with van der Waals surface area (Å²) >= 11 is 0. The van der Waals surface area contributed by atoms with Gasteiger partial charge in [-0.3, -0.25) is 4.79 Å². The van der Waals surface area contributed by atoms with E-state index in [9.17, 15) is 4.79 Å². The normalized spacial score (nSPS) is 23.7. The number of hydrogen-bond acceptors (Lipinski definition) is 2. The van der Waals surface area contributed by atoms with Crippen LogP contribution in [0.25, 0.3) is 0 Å². The van der Waals surface area contributed by atoms with Crippen molar-refractivity contribution in [2.24, 2.45) is 5.92 Å². The zero-order valence-corrected chi connectivity index (χ0v) is 13.1. The van der Waals surface area contributed by atoms with Gasteiger partial charge in [-0.15, -0.1) is 0 Å². The van der Waals surface area contributed by atoms with E-state index >= 15 is 0 Å². The number of aromatic nitrogens is 1. The van der Waals surface area contributed by atoms with Crippen LogP contribution in [0.5, 0.6) is 0 Å². The molecule has 0 radical (unpaired) electrons. The van der Waals surface area contributed by atoms with E-state index in [2.05, 4.69) is 16.8 Å². The number of carbonyl (C=O) groups is 1. The molecule has 0 aromatic carbocycles. The van der Waals surface area contributed by atoms with Crippen LogP contribution in [0.3, 0.4) is 0 Å². The molecule has 3 rings (SSSR count). The smallest absolute Gasteiger partial charge is 0.270 e. The molecule has 0 bridgehead atoms. The largest absolute Gasteiger partial charge is 0.344 e. The Hall–Kier alpha value is -1.29. The lowest BCUT2D eigenvalue weighted by atomic mass is 9.88.